The Labute approximate surface area is 125 Å². The molecule has 0 aromatic heterocycles. The number of nitrogens with one attached hydrogen (secondary N) is 2. The van der Waals surface area contributed by atoms with Gasteiger partial charge in [0.15, 0.2) is 0 Å². The van der Waals surface area contributed by atoms with Crippen LogP contribution >= 0.6 is 0 Å². The Hall–Kier alpha value is -1.88. The number of piperidine rings is 1. The van der Waals surface area contributed by atoms with E-state index in [2.05, 4.69) is 10.6 Å². The summed E-state index contributed by atoms with van der Waals surface area (Å²) in [6.45, 7) is 4.57. The summed E-state index contributed by atoms with van der Waals surface area (Å²) >= 11 is 0. The molecule has 1 aliphatic heterocycles. The minimum absolute atomic E-state index is 0.0627. The van der Waals surface area contributed by atoms with Crippen LogP contribution < -0.4 is 10.6 Å². The van der Waals surface area contributed by atoms with Gasteiger partial charge in [-0.3, -0.25) is 4.79 Å². The fourth-order valence-corrected chi connectivity index (χ4v) is 2.61. The van der Waals surface area contributed by atoms with Crippen LogP contribution in [0.1, 0.15) is 42.1 Å². The summed E-state index contributed by atoms with van der Waals surface area (Å²) in [4.78, 5) is 24.2. The van der Waals surface area contributed by atoms with Crippen LogP contribution in [0, 0.1) is 6.92 Å². The first-order valence-electron chi connectivity index (χ1n) is 7.22. The molecule has 114 valence electrons. The number of amides is 1. The zero-order chi connectivity index (χ0) is 15.5. The normalized spacial score (nSPS) is 21.7. The number of anilines is 1. The Morgan fingerprint density at radius 3 is 2.71 bits per heavy atom. The molecule has 1 aromatic carbocycles. The van der Waals surface area contributed by atoms with Gasteiger partial charge in [0.1, 0.15) is 0 Å². The largest absolute Gasteiger partial charge is 0.465 e. The predicted molar refractivity (Wildman–Crippen MR) is 81.4 cm³/mol. The Bertz CT molecular complexity index is 548. The van der Waals surface area contributed by atoms with Gasteiger partial charge in [0, 0.05) is 5.69 Å². The fraction of sp³-hybridized carbons (Fsp3) is 0.500. The molecular formula is C16H22N2O3. The quantitative estimate of drug-likeness (QED) is 0.838. The van der Waals surface area contributed by atoms with Crippen molar-refractivity contribution >= 4 is 17.6 Å². The molecule has 21 heavy (non-hydrogen) atoms. The van der Waals surface area contributed by atoms with Crippen molar-refractivity contribution in [3.8, 4) is 0 Å². The highest BCUT2D eigenvalue weighted by Crippen LogP contribution is 2.24. The molecule has 0 saturated carbocycles. The highest BCUT2D eigenvalue weighted by atomic mass is 16.5. The van der Waals surface area contributed by atoms with Crippen molar-refractivity contribution in [2.45, 2.75) is 38.6 Å². The zero-order valence-corrected chi connectivity index (χ0v) is 12.8. The van der Waals surface area contributed by atoms with Crippen molar-refractivity contribution < 1.29 is 14.3 Å². The third kappa shape index (κ3) is 3.24. The van der Waals surface area contributed by atoms with Crippen LogP contribution in [0.5, 0.6) is 0 Å². The molecule has 1 unspecified atom stereocenters. The van der Waals surface area contributed by atoms with Gasteiger partial charge in [-0.15, -0.1) is 0 Å². The molecule has 1 heterocycles. The number of hydrogen-bond donors (Lipinski definition) is 2. The highest BCUT2D eigenvalue weighted by molar-refractivity contribution is 6.00. The molecule has 1 amide bonds. The van der Waals surface area contributed by atoms with Gasteiger partial charge in [0.2, 0.25) is 5.91 Å². The molecule has 0 aliphatic carbocycles. The van der Waals surface area contributed by atoms with Crippen LogP contribution in [-0.2, 0) is 9.53 Å². The number of carbonyl (C=O) groups is 2. The SMILES string of the molecule is COC(=O)c1cccc(NC(=O)C2(C)CCCCN2)c1C. The number of esters is 1. The minimum atomic E-state index is -0.550. The lowest BCUT2D eigenvalue weighted by Crippen LogP contribution is -2.54. The van der Waals surface area contributed by atoms with E-state index in [-0.39, 0.29) is 5.91 Å². The van der Waals surface area contributed by atoms with Gasteiger partial charge in [-0.05, 0) is 57.4 Å². The van der Waals surface area contributed by atoms with Gasteiger partial charge in [-0.2, -0.15) is 0 Å². The Morgan fingerprint density at radius 1 is 1.33 bits per heavy atom. The third-order valence-electron chi connectivity index (χ3n) is 4.11. The molecule has 1 saturated heterocycles. The second-order valence-corrected chi connectivity index (χ2v) is 5.64. The van der Waals surface area contributed by atoms with E-state index in [9.17, 15) is 9.59 Å². The summed E-state index contributed by atoms with van der Waals surface area (Å²) in [5.74, 6) is -0.460. The molecule has 2 N–H and O–H groups in total. The molecule has 0 spiro atoms. The van der Waals surface area contributed by atoms with Crippen molar-refractivity contribution in [2.75, 3.05) is 19.0 Å². The van der Waals surface area contributed by atoms with E-state index in [1.807, 2.05) is 6.92 Å². The van der Waals surface area contributed by atoms with E-state index >= 15 is 0 Å². The molecule has 0 bridgehead atoms. The molecule has 1 aromatic rings. The lowest BCUT2D eigenvalue weighted by molar-refractivity contribution is -0.122. The van der Waals surface area contributed by atoms with Crippen molar-refractivity contribution in [1.82, 2.24) is 5.32 Å². The van der Waals surface area contributed by atoms with Crippen molar-refractivity contribution in [3.63, 3.8) is 0 Å². The number of rotatable bonds is 3. The molecule has 5 heteroatoms. The molecule has 1 atom stereocenters. The lowest BCUT2D eigenvalue weighted by Gasteiger charge is -2.33. The molecule has 2 rings (SSSR count). The summed E-state index contributed by atoms with van der Waals surface area (Å²) in [6.07, 6.45) is 2.95. The van der Waals surface area contributed by atoms with E-state index < -0.39 is 11.5 Å². The summed E-state index contributed by atoms with van der Waals surface area (Å²) in [5, 5.41) is 6.21. The summed E-state index contributed by atoms with van der Waals surface area (Å²) in [7, 11) is 1.35. The average Bonchev–Trinajstić information content (AvgIpc) is 2.49. The monoisotopic (exact) mass is 290 g/mol. The maximum Gasteiger partial charge on any atom is 0.338 e. The molecule has 1 fully saturated rings. The summed E-state index contributed by atoms with van der Waals surface area (Å²) < 4.78 is 4.75. The van der Waals surface area contributed by atoms with E-state index in [1.165, 1.54) is 7.11 Å². The minimum Gasteiger partial charge on any atom is -0.465 e. The summed E-state index contributed by atoms with van der Waals surface area (Å²) in [6, 6.07) is 5.23. The first kappa shape index (κ1) is 15.5. The zero-order valence-electron chi connectivity index (χ0n) is 12.8. The second-order valence-electron chi connectivity index (χ2n) is 5.64. The first-order chi connectivity index (χ1) is 9.98. The van der Waals surface area contributed by atoms with Crippen LogP contribution in [0.2, 0.25) is 0 Å². The van der Waals surface area contributed by atoms with E-state index in [4.69, 9.17) is 4.74 Å². The molecule has 1 aliphatic rings. The Kier molecular flexibility index (Phi) is 4.63. The standard InChI is InChI=1S/C16H22N2O3/c1-11-12(14(19)21-3)7-6-8-13(11)18-15(20)16(2)9-4-5-10-17-16/h6-8,17H,4-5,9-10H2,1-3H3,(H,18,20). The maximum absolute atomic E-state index is 12.5. The van der Waals surface area contributed by atoms with Crippen molar-refractivity contribution in [3.05, 3.63) is 29.3 Å². The molecular weight excluding hydrogens is 268 g/mol. The van der Waals surface area contributed by atoms with Gasteiger partial charge >= 0.3 is 5.97 Å². The maximum atomic E-state index is 12.5. The van der Waals surface area contributed by atoms with Crippen LogP contribution in [0.3, 0.4) is 0 Å². The Balaban J connectivity index is 2.19. The number of ether oxygens (including phenoxy) is 1. The van der Waals surface area contributed by atoms with Gasteiger partial charge in [-0.1, -0.05) is 6.07 Å². The average molecular weight is 290 g/mol. The van der Waals surface area contributed by atoms with Crippen molar-refractivity contribution in [2.24, 2.45) is 0 Å². The van der Waals surface area contributed by atoms with Gasteiger partial charge < -0.3 is 15.4 Å². The number of methoxy groups -OCH3 is 1. The van der Waals surface area contributed by atoms with E-state index in [0.717, 1.165) is 31.4 Å². The number of carbonyl (C=O) groups excluding carboxylic acids is 2. The van der Waals surface area contributed by atoms with Gasteiger partial charge in [0.25, 0.3) is 0 Å². The number of hydrogen-bond acceptors (Lipinski definition) is 4. The summed E-state index contributed by atoms with van der Waals surface area (Å²) in [5.41, 5.74) is 1.29. The molecule has 5 nitrogen and oxygen atoms in total. The topological polar surface area (TPSA) is 67.4 Å². The van der Waals surface area contributed by atoms with Crippen LogP contribution in [0.15, 0.2) is 18.2 Å². The first-order valence-corrected chi connectivity index (χ1v) is 7.22. The van der Waals surface area contributed by atoms with Gasteiger partial charge in [-0.25, -0.2) is 4.79 Å². The van der Waals surface area contributed by atoms with E-state index in [1.54, 1.807) is 25.1 Å². The van der Waals surface area contributed by atoms with E-state index in [0.29, 0.717) is 11.3 Å². The van der Waals surface area contributed by atoms with Crippen LogP contribution in [0.25, 0.3) is 0 Å². The van der Waals surface area contributed by atoms with Crippen LogP contribution in [0.4, 0.5) is 5.69 Å². The highest BCUT2D eigenvalue weighted by Gasteiger charge is 2.34. The Morgan fingerprint density at radius 2 is 2.10 bits per heavy atom. The van der Waals surface area contributed by atoms with Gasteiger partial charge in [0.05, 0.1) is 18.2 Å². The van der Waals surface area contributed by atoms with Crippen molar-refractivity contribution in [1.29, 1.82) is 0 Å². The lowest BCUT2D eigenvalue weighted by atomic mass is 9.90. The smallest absolute Gasteiger partial charge is 0.338 e. The van der Waals surface area contributed by atoms with Crippen LogP contribution in [-0.4, -0.2) is 31.1 Å². The fourth-order valence-electron chi connectivity index (χ4n) is 2.61. The number of benzene rings is 1. The predicted octanol–water partition coefficient (Wildman–Crippen LogP) is 2.25. The second kappa shape index (κ2) is 6.26. The molecule has 0 radical (unpaired) electrons. The third-order valence-corrected chi connectivity index (χ3v) is 4.11.